The molecule has 0 saturated heterocycles. The highest BCUT2D eigenvalue weighted by atomic mass is 16.3. The van der Waals surface area contributed by atoms with Crippen LogP contribution < -0.4 is 5.32 Å². The zero-order valence-corrected chi connectivity index (χ0v) is 11.2. The van der Waals surface area contributed by atoms with E-state index < -0.39 is 0 Å². The Hall–Kier alpha value is -2.82. The molecule has 3 rings (SSSR count). The average molecular weight is 282 g/mol. The number of benzene rings is 2. The predicted molar refractivity (Wildman–Crippen MR) is 78.2 cm³/mol. The Morgan fingerprint density at radius 3 is 2.81 bits per heavy atom. The molecule has 21 heavy (non-hydrogen) atoms. The van der Waals surface area contributed by atoms with E-state index in [1.54, 1.807) is 30.3 Å². The van der Waals surface area contributed by atoms with E-state index in [-0.39, 0.29) is 11.7 Å². The van der Waals surface area contributed by atoms with Gasteiger partial charge in [0.15, 0.2) is 12.0 Å². The number of fused-ring (bicyclic) bond motifs is 1. The first-order valence-electron chi connectivity index (χ1n) is 6.62. The predicted octanol–water partition coefficient (Wildman–Crippen LogP) is 2.51. The van der Waals surface area contributed by atoms with Crippen LogP contribution in [0.15, 0.2) is 53.3 Å². The zero-order chi connectivity index (χ0) is 14.7. The van der Waals surface area contributed by atoms with E-state index in [4.69, 9.17) is 4.42 Å². The number of nitrogens with one attached hydrogen (secondary N) is 1. The van der Waals surface area contributed by atoms with Crippen LogP contribution in [0.3, 0.4) is 0 Å². The summed E-state index contributed by atoms with van der Waals surface area (Å²) in [5.41, 5.74) is 2.94. The Labute approximate surface area is 121 Å². The molecule has 5 heteroatoms. The van der Waals surface area contributed by atoms with Gasteiger partial charge in [0.05, 0.1) is 0 Å². The molecule has 0 spiro atoms. The number of phenolic OH excluding ortho intramolecular Hbond substituents is 1. The van der Waals surface area contributed by atoms with Gasteiger partial charge in [-0.05, 0) is 42.3 Å². The van der Waals surface area contributed by atoms with Crippen LogP contribution >= 0.6 is 0 Å². The molecule has 5 nitrogen and oxygen atoms in total. The number of nitrogens with zero attached hydrogens (tertiary/aromatic N) is 1. The quantitative estimate of drug-likeness (QED) is 0.771. The maximum absolute atomic E-state index is 12.0. The lowest BCUT2D eigenvalue weighted by molar-refractivity contribution is 0.0954. The summed E-state index contributed by atoms with van der Waals surface area (Å²) in [6, 6.07) is 12.1. The molecule has 0 saturated carbocycles. The molecule has 3 aromatic rings. The summed E-state index contributed by atoms with van der Waals surface area (Å²) in [6.45, 7) is 0.528. The number of hydrogen-bond acceptors (Lipinski definition) is 4. The molecule has 0 unspecified atom stereocenters. The summed E-state index contributed by atoms with van der Waals surface area (Å²) >= 11 is 0. The van der Waals surface area contributed by atoms with Crippen LogP contribution in [0.5, 0.6) is 5.75 Å². The van der Waals surface area contributed by atoms with Crippen LogP contribution in [0.25, 0.3) is 11.1 Å². The van der Waals surface area contributed by atoms with Crippen molar-refractivity contribution in [3.63, 3.8) is 0 Å². The molecule has 0 radical (unpaired) electrons. The van der Waals surface area contributed by atoms with Crippen molar-refractivity contribution in [2.75, 3.05) is 6.54 Å². The third-order valence-corrected chi connectivity index (χ3v) is 3.23. The standard InChI is InChI=1S/C16H14N2O3/c19-13-4-1-11(2-5-13)7-8-17-16(20)12-3-6-15-14(9-12)18-10-21-15/h1-6,9-10,19H,7-8H2,(H,17,20). The van der Waals surface area contributed by atoms with Crippen molar-refractivity contribution in [2.45, 2.75) is 6.42 Å². The summed E-state index contributed by atoms with van der Waals surface area (Å²) in [6.07, 6.45) is 2.06. The summed E-state index contributed by atoms with van der Waals surface area (Å²) in [7, 11) is 0. The number of aromatic nitrogens is 1. The Kier molecular flexibility index (Phi) is 3.55. The van der Waals surface area contributed by atoms with Crippen LogP contribution in [0, 0.1) is 0 Å². The summed E-state index contributed by atoms with van der Waals surface area (Å²) in [5.74, 6) is 0.0994. The molecule has 0 fully saturated rings. The van der Waals surface area contributed by atoms with Crippen molar-refractivity contribution in [2.24, 2.45) is 0 Å². The van der Waals surface area contributed by atoms with Crippen molar-refractivity contribution in [1.29, 1.82) is 0 Å². The minimum atomic E-state index is -0.140. The first kappa shape index (κ1) is 13.2. The summed E-state index contributed by atoms with van der Waals surface area (Å²) in [4.78, 5) is 16.1. The maximum Gasteiger partial charge on any atom is 0.251 e. The average Bonchev–Trinajstić information content (AvgIpc) is 2.96. The van der Waals surface area contributed by atoms with Crippen LogP contribution in [0.4, 0.5) is 0 Å². The second-order valence-corrected chi connectivity index (χ2v) is 4.71. The fraction of sp³-hybridized carbons (Fsp3) is 0.125. The Bertz CT molecular complexity index is 763. The molecule has 0 aliphatic heterocycles. The molecule has 2 N–H and O–H groups in total. The molecule has 0 atom stereocenters. The summed E-state index contributed by atoms with van der Waals surface area (Å²) < 4.78 is 5.14. The van der Waals surface area contributed by atoms with Crippen molar-refractivity contribution in [3.05, 3.63) is 60.0 Å². The highest BCUT2D eigenvalue weighted by Gasteiger charge is 2.07. The molecule has 1 aromatic heterocycles. The third kappa shape index (κ3) is 3.02. The van der Waals surface area contributed by atoms with Crippen molar-refractivity contribution in [3.8, 4) is 5.75 Å². The maximum atomic E-state index is 12.0. The number of aromatic hydroxyl groups is 1. The molecular formula is C16H14N2O3. The van der Waals surface area contributed by atoms with E-state index in [2.05, 4.69) is 10.3 Å². The Morgan fingerprint density at radius 1 is 1.19 bits per heavy atom. The van der Waals surface area contributed by atoms with E-state index in [1.807, 2.05) is 12.1 Å². The summed E-state index contributed by atoms with van der Waals surface area (Å²) in [5, 5.41) is 12.1. The van der Waals surface area contributed by atoms with Gasteiger partial charge in [0.2, 0.25) is 0 Å². The van der Waals surface area contributed by atoms with Gasteiger partial charge in [-0.25, -0.2) is 4.98 Å². The fourth-order valence-corrected chi connectivity index (χ4v) is 2.08. The smallest absolute Gasteiger partial charge is 0.251 e. The molecule has 0 aliphatic rings. The molecule has 106 valence electrons. The molecule has 0 bridgehead atoms. The van der Waals surface area contributed by atoms with Gasteiger partial charge in [-0.15, -0.1) is 0 Å². The first-order valence-corrected chi connectivity index (χ1v) is 6.62. The van der Waals surface area contributed by atoms with Crippen LogP contribution in [-0.2, 0) is 6.42 Å². The van der Waals surface area contributed by atoms with Crippen LogP contribution in [0.1, 0.15) is 15.9 Å². The highest BCUT2D eigenvalue weighted by molar-refractivity contribution is 5.97. The number of amides is 1. The van der Waals surface area contributed by atoms with Crippen LogP contribution in [0.2, 0.25) is 0 Å². The second kappa shape index (κ2) is 5.66. The normalized spacial score (nSPS) is 10.7. The second-order valence-electron chi connectivity index (χ2n) is 4.71. The van der Waals surface area contributed by atoms with E-state index in [0.29, 0.717) is 29.6 Å². The Morgan fingerprint density at radius 2 is 2.00 bits per heavy atom. The molecule has 1 amide bonds. The van der Waals surface area contributed by atoms with Crippen molar-refractivity contribution < 1.29 is 14.3 Å². The van der Waals surface area contributed by atoms with Gasteiger partial charge in [0, 0.05) is 12.1 Å². The Balaban J connectivity index is 1.59. The van der Waals surface area contributed by atoms with Crippen molar-refractivity contribution in [1.82, 2.24) is 10.3 Å². The largest absolute Gasteiger partial charge is 0.508 e. The van der Waals surface area contributed by atoms with E-state index in [0.717, 1.165) is 5.56 Å². The zero-order valence-electron chi connectivity index (χ0n) is 11.2. The van der Waals surface area contributed by atoms with Gasteiger partial charge in [0.25, 0.3) is 5.91 Å². The van der Waals surface area contributed by atoms with Gasteiger partial charge in [0.1, 0.15) is 11.3 Å². The number of phenols is 1. The van der Waals surface area contributed by atoms with Gasteiger partial charge in [-0.3, -0.25) is 4.79 Å². The monoisotopic (exact) mass is 282 g/mol. The minimum absolute atomic E-state index is 0.140. The van der Waals surface area contributed by atoms with Gasteiger partial charge < -0.3 is 14.8 Å². The molecular weight excluding hydrogens is 268 g/mol. The van der Waals surface area contributed by atoms with Crippen molar-refractivity contribution >= 4 is 17.0 Å². The number of carbonyl (C=O) groups excluding carboxylic acids is 1. The lowest BCUT2D eigenvalue weighted by Crippen LogP contribution is -2.25. The van der Waals surface area contributed by atoms with E-state index in [1.165, 1.54) is 6.39 Å². The third-order valence-electron chi connectivity index (χ3n) is 3.23. The number of hydrogen-bond donors (Lipinski definition) is 2. The van der Waals surface area contributed by atoms with Gasteiger partial charge >= 0.3 is 0 Å². The topological polar surface area (TPSA) is 75.4 Å². The SMILES string of the molecule is O=C(NCCc1ccc(O)cc1)c1ccc2ocnc2c1. The fourth-order valence-electron chi connectivity index (χ4n) is 2.08. The highest BCUT2D eigenvalue weighted by Crippen LogP contribution is 2.14. The number of oxazole rings is 1. The molecule has 1 heterocycles. The molecule has 2 aromatic carbocycles. The minimum Gasteiger partial charge on any atom is -0.508 e. The van der Waals surface area contributed by atoms with E-state index >= 15 is 0 Å². The number of rotatable bonds is 4. The lowest BCUT2D eigenvalue weighted by Gasteiger charge is -2.05. The lowest BCUT2D eigenvalue weighted by atomic mass is 10.1. The first-order chi connectivity index (χ1) is 10.2. The number of carbonyl (C=O) groups is 1. The van der Waals surface area contributed by atoms with Gasteiger partial charge in [-0.2, -0.15) is 0 Å². The van der Waals surface area contributed by atoms with E-state index in [9.17, 15) is 9.90 Å². The van der Waals surface area contributed by atoms with Gasteiger partial charge in [-0.1, -0.05) is 12.1 Å². The van der Waals surface area contributed by atoms with Crippen LogP contribution in [-0.4, -0.2) is 22.5 Å². The molecule has 0 aliphatic carbocycles.